The van der Waals surface area contributed by atoms with Gasteiger partial charge in [-0.3, -0.25) is 4.79 Å². The SMILES string of the molecule is CC(C)C(=O)N1CCCC[C@@H]1c1cc2n(n1)[C@@H](C(F)(F)F)C[C@@H](c1cccs1)N2. The van der Waals surface area contributed by atoms with E-state index in [4.69, 9.17) is 0 Å². The lowest BCUT2D eigenvalue weighted by atomic mass is 9.97. The maximum absolute atomic E-state index is 13.8. The zero-order valence-electron chi connectivity index (χ0n) is 16.4. The van der Waals surface area contributed by atoms with Crippen LogP contribution in [0.15, 0.2) is 23.6 Å². The third-order valence-electron chi connectivity index (χ3n) is 5.72. The van der Waals surface area contributed by atoms with Gasteiger partial charge in [-0.25, -0.2) is 4.68 Å². The van der Waals surface area contributed by atoms with Gasteiger partial charge in [0.05, 0.1) is 17.8 Å². The summed E-state index contributed by atoms with van der Waals surface area (Å²) < 4.78 is 42.6. The Hall–Kier alpha value is -2.03. The molecule has 0 bridgehead atoms. The third-order valence-corrected chi connectivity index (χ3v) is 6.70. The van der Waals surface area contributed by atoms with Crippen molar-refractivity contribution in [3.63, 3.8) is 0 Å². The average molecular weight is 427 g/mol. The molecule has 2 aromatic rings. The molecule has 9 heteroatoms. The van der Waals surface area contributed by atoms with Crippen molar-refractivity contribution < 1.29 is 18.0 Å². The molecule has 0 spiro atoms. The summed E-state index contributed by atoms with van der Waals surface area (Å²) in [7, 11) is 0. The number of carbonyl (C=O) groups excluding carboxylic acids is 1. The number of nitrogens with zero attached hydrogens (tertiary/aromatic N) is 3. The minimum atomic E-state index is -4.39. The van der Waals surface area contributed by atoms with E-state index in [0.717, 1.165) is 28.8 Å². The lowest BCUT2D eigenvalue weighted by molar-refractivity contribution is -0.174. The molecule has 2 aromatic heterocycles. The van der Waals surface area contributed by atoms with Crippen LogP contribution in [0.3, 0.4) is 0 Å². The van der Waals surface area contributed by atoms with Gasteiger partial charge in [0.2, 0.25) is 5.91 Å². The van der Waals surface area contributed by atoms with Gasteiger partial charge >= 0.3 is 6.18 Å². The van der Waals surface area contributed by atoms with Crippen molar-refractivity contribution >= 4 is 23.1 Å². The number of hydrogen-bond donors (Lipinski definition) is 1. The van der Waals surface area contributed by atoms with Crippen LogP contribution in [-0.2, 0) is 4.79 Å². The molecule has 1 fully saturated rings. The summed E-state index contributed by atoms with van der Waals surface area (Å²) in [4.78, 5) is 15.3. The lowest BCUT2D eigenvalue weighted by Crippen LogP contribution is -2.41. The molecule has 1 N–H and O–H groups in total. The Morgan fingerprint density at radius 3 is 2.79 bits per heavy atom. The van der Waals surface area contributed by atoms with Crippen LogP contribution in [0.5, 0.6) is 0 Å². The van der Waals surface area contributed by atoms with Gasteiger partial charge in [0.25, 0.3) is 0 Å². The van der Waals surface area contributed by atoms with Gasteiger partial charge in [0.1, 0.15) is 5.82 Å². The highest BCUT2D eigenvalue weighted by atomic mass is 32.1. The smallest absolute Gasteiger partial charge is 0.363 e. The molecule has 0 aromatic carbocycles. The van der Waals surface area contributed by atoms with Crippen LogP contribution in [0.1, 0.15) is 68.2 Å². The van der Waals surface area contributed by atoms with Gasteiger partial charge in [-0.05, 0) is 30.7 Å². The van der Waals surface area contributed by atoms with Gasteiger partial charge < -0.3 is 10.2 Å². The standard InChI is InChI=1S/C20H25F3N4OS/c1-12(2)19(28)26-8-4-3-6-15(26)13-11-18-24-14(16-7-5-9-29-16)10-17(20(21,22)23)27(18)25-13/h5,7,9,11-12,14-15,17,24H,3-4,6,8,10H2,1-2H3/t14-,15+,17+/m0/s1. The van der Waals surface area contributed by atoms with Gasteiger partial charge in [-0.15, -0.1) is 11.3 Å². The minimum absolute atomic E-state index is 0.0254. The van der Waals surface area contributed by atoms with E-state index in [1.165, 1.54) is 11.3 Å². The number of thiophene rings is 1. The topological polar surface area (TPSA) is 50.2 Å². The largest absolute Gasteiger partial charge is 0.410 e. The van der Waals surface area contributed by atoms with Crippen LogP contribution in [0.4, 0.5) is 19.0 Å². The summed E-state index contributed by atoms with van der Waals surface area (Å²) >= 11 is 1.45. The zero-order chi connectivity index (χ0) is 20.8. The van der Waals surface area contributed by atoms with Gasteiger partial charge in [-0.2, -0.15) is 18.3 Å². The number of likely N-dealkylation sites (tertiary alicyclic amines) is 1. The van der Waals surface area contributed by atoms with Crippen molar-refractivity contribution in [3.05, 3.63) is 34.2 Å². The fraction of sp³-hybridized carbons (Fsp3) is 0.600. The van der Waals surface area contributed by atoms with Crippen LogP contribution < -0.4 is 5.32 Å². The number of amides is 1. The Bertz CT molecular complexity index is 862. The molecule has 4 rings (SSSR count). The average Bonchev–Trinajstić information content (AvgIpc) is 3.35. The second-order valence-corrected chi connectivity index (χ2v) is 9.08. The van der Waals surface area contributed by atoms with E-state index in [1.54, 1.807) is 11.0 Å². The summed E-state index contributed by atoms with van der Waals surface area (Å²) in [6, 6.07) is 3.05. The Morgan fingerprint density at radius 1 is 1.34 bits per heavy atom. The van der Waals surface area contributed by atoms with Crippen LogP contribution in [0.2, 0.25) is 0 Å². The highest BCUT2D eigenvalue weighted by Crippen LogP contribution is 2.45. The minimum Gasteiger partial charge on any atom is -0.363 e. The van der Waals surface area contributed by atoms with Crippen molar-refractivity contribution in [1.29, 1.82) is 0 Å². The summed E-state index contributed by atoms with van der Waals surface area (Å²) in [5.74, 6) is 0.240. The summed E-state index contributed by atoms with van der Waals surface area (Å²) in [6.07, 6.45) is -1.93. The van der Waals surface area contributed by atoms with Gasteiger partial charge in [0.15, 0.2) is 6.04 Å². The summed E-state index contributed by atoms with van der Waals surface area (Å²) in [6.45, 7) is 4.32. The molecule has 2 aliphatic rings. The third kappa shape index (κ3) is 3.89. The first-order chi connectivity index (χ1) is 13.8. The molecule has 0 radical (unpaired) electrons. The molecule has 2 aliphatic heterocycles. The van der Waals surface area contributed by atoms with E-state index in [9.17, 15) is 18.0 Å². The molecule has 1 saturated heterocycles. The van der Waals surface area contributed by atoms with Crippen LogP contribution in [0, 0.1) is 5.92 Å². The second kappa shape index (κ2) is 7.66. The van der Waals surface area contributed by atoms with E-state index in [1.807, 2.05) is 31.4 Å². The van der Waals surface area contributed by atoms with E-state index < -0.39 is 18.3 Å². The number of fused-ring (bicyclic) bond motifs is 1. The lowest BCUT2D eigenvalue weighted by Gasteiger charge is -2.36. The monoisotopic (exact) mass is 426 g/mol. The number of rotatable bonds is 3. The predicted octanol–water partition coefficient (Wildman–Crippen LogP) is 5.31. The molecule has 1 amide bonds. The molecule has 5 nitrogen and oxygen atoms in total. The van der Waals surface area contributed by atoms with Crippen molar-refractivity contribution in [1.82, 2.24) is 14.7 Å². The number of nitrogens with one attached hydrogen (secondary N) is 1. The highest BCUT2D eigenvalue weighted by molar-refractivity contribution is 7.10. The number of hydrogen-bond acceptors (Lipinski definition) is 4. The zero-order valence-corrected chi connectivity index (χ0v) is 17.3. The Kier molecular flexibility index (Phi) is 5.35. The summed E-state index contributed by atoms with van der Waals surface area (Å²) in [5.41, 5.74) is 0.544. The number of alkyl halides is 3. The number of halogens is 3. The van der Waals surface area contributed by atoms with Gasteiger partial charge in [-0.1, -0.05) is 19.9 Å². The molecule has 4 heterocycles. The number of piperidine rings is 1. The van der Waals surface area contributed by atoms with Gasteiger partial charge in [0, 0.05) is 29.8 Å². The normalized spacial score (nSPS) is 25.0. The van der Waals surface area contributed by atoms with E-state index in [-0.39, 0.29) is 24.3 Å². The number of anilines is 1. The predicted molar refractivity (Wildman–Crippen MR) is 106 cm³/mol. The molecular weight excluding hydrogens is 401 g/mol. The first kappa shape index (κ1) is 20.3. The van der Waals surface area contributed by atoms with Crippen molar-refractivity contribution in [2.75, 3.05) is 11.9 Å². The van der Waals surface area contributed by atoms with E-state index >= 15 is 0 Å². The summed E-state index contributed by atoms with van der Waals surface area (Å²) in [5, 5.41) is 9.48. The van der Waals surface area contributed by atoms with Crippen molar-refractivity contribution in [2.24, 2.45) is 5.92 Å². The maximum Gasteiger partial charge on any atom is 0.410 e. The first-order valence-electron chi connectivity index (χ1n) is 10.0. The number of aromatic nitrogens is 2. The number of carbonyl (C=O) groups is 1. The maximum atomic E-state index is 13.8. The van der Waals surface area contributed by atoms with E-state index in [0.29, 0.717) is 18.1 Å². The quantitative estimate of drug-likeness (QED) is 0.723. The fourth-order valence-electron chi connectivity index (χ4n) is 4.27. The molecular formula is C20H25F3N4OS. The van der Waals surface area contributed by atoms with E-state index in [2.05, 4.69) is 10.4 Å². The van der Waals surface area contributed by atoms with Crippen LogP contribution >= 0.6 is 11.3 Å². The Balaban J connectivity index is 1.69. The first-order valence-corrected chi connectivity index (χ1v) is 10.9. The van der Waals surface area contributed by atoms with Crippen molar-refractivity contribution in [3.8, 4) is 0 Å². The molecule has 29 heavy (non-hydrogen) atoms. The van der Waals surface area contributed by atoms with Crippen molar-refractivity contribution in [2.45, 2.75) is 63.8 Å². The van der Waals surface area contributed by atoms with Crippen LogP contribution in [-0.4, -0.2) is 33.3 Å². The fourth-order valence-corrected chi connectivity index (χ4v) is 5.06. The molecule has 3 atom stereocenters. The van der Waals surface area contributed by atoms with Crippen LogP contribution in [0.25, 0.3) is 0 Å². The molecule has 0 aliphatic carbocycles. The Morgan fingerprint density at radius 2 is 2.14 bits per heavy atom. The second-order valence-electron chi connectivity index (χ2n) is 8.10. The molecule has 0 saturated carbocycles. The molecule has 0 unspecified atom stereocenters. The Labute approximate surface area is 171 Å². The highest BCUT2D eigenvalue weighted by Gasteiger charge is 2.47. The molecule has 158 valence electrons.